The molecular formula is C18H23B9. The Morgan fingerprint density at radius 1 is 0.333 bits per heavy atom. The highest BCUT2D eigenvalue weighted by atomic mass is 14.2. The summed E-state index contributed by atoms with van der Waals surface area (Å²) in [5.41, 5.74) is 18.3. The van der Waals surface area contributed by atoms with Crippen LogP contribution in [-0.4, -0.2) is 70.6 Å². The lowest BCUT2D eigenvalue weighted by Gasteiger charge is -2.27. The molecule has 9 heteroatoms. The van der Waals surface area contributed by atoms with Gasteiger partial charge in [-0.2, -0.15) is 0 Å². The molecule has 0 bridgehead atoms. The molecule has 0 spiro atoms. The number of rotatable bonds is 2. The van der Waals surface area contributed by atoms with Crippen LogP contribution < -0.4 is 49.2 Å². The highest BCUT2D eigenvalue weighted by Crippen LogP contribution is 2.15. The van der Waals surface area contributed by atoms with Crippen LogP contribution in [0.5, 0.6) is 0 Å². The third-order valence-corrected chi connectivity index (χ3v) is 6.94. The average molecular weight is 337 g/mol. The lowest BCUT2D eigenvalue weighted by molar-refractivity contribution is 1.69. The second-order valence-corrected chi connectivity index (χ2v) is 8.12. The predicted molar refractivity (Wildman–Crippen MR) is 151 cm³/mol. The van der Waals surface area contributed by atoms with E-state index < -0.39 is 0 Å². The van der Waals surface area contributed by atoms with Crippen molar-refractivity contribution in [2.24, 2.45) is 0 Å². The van der Waals surface area contributed by atoms with E-state index in [2.05, 4.69) is 101 Å². The van der Waals surface area contributed by atoms with Gasteiger partial charge in [-0.05, 0) is 22.3 Å². The van der Waals surface area contributed by atoms with Crippen molar-refractivity contribution >= 4 is 120 Å². The van der Waals surface area contributed by atoms with Crippen molar-refractivity contribution < 1.29 is 0 Å². The Bertz CT molecular complexity index is 1000. The Morgan fingerprint density at radius 2 is 0.630 bits per heavy atom. The van der Waals surface area contributed by atoms with Gasteiger partial charge in [0.05, 0.1) is 0 Å². The number of hydrogen-bond acceptors (Lipinski definition) is 0. The van der Waals surface area contributed by atoms with Crippen molar-refractivity contribution in [3.8, 4) is 22.3 Å². The molecule has 0 radical (unpaired) electrons. The Hall–Kier alpha value is -1.76. The molecule has 3 aromatic carbocycles. The highest BCUT2D eigenvalue weighted by Gasteiger charge is 2.20. The summed E-state index contributed by atoms with van der Waals surface area (Å²) in [5.74, 6) is 0. The first kappa shape index (κ1) is 20.0. The fourth-order valence-corrected chi connectivity index (χ4v) is 4.60. The third-order valence-electron chi connectivity index (χ3n) is 6.94. The molecule has 0 aliphatic carbocycles. The van der Waals surface area contributed by atoms with E-state index in [4.69, 9.17) is 0 Å². The van der Waals surface area contributed by atoms with Gasteiger partial charge in [-0.15, -0.1) is 16.4 Å². The molecule has 0 aromatic heterocycles. The van der Waals surface area contributed by atoms with Gasteiger partial charge in [-0.25, -0.2) is 0 Å². The summed E-state index contributed by atoms with van der Waals surface area (Å²) in [6.07, 6.45) is 0. The van der Waals surface area contributed by atoms with Gasteiger partial charge in [0.1, 0.15) is 70.6 Å². The first-order chi connectivity index (χ1) is 12.7. The first-order valence-electron chi connectivity index (χ1n) is 9.91. The standard InChI is InChI=1S/C18H23B9/c19-10-7(6-4-2-1-3-5-6)11(20)13(22)8(12(10)21)9-14(23)16(25)18(27)17(26)15(9)24/h1-5H,19-27H2. The molecule has 3 rings (SSSR count). The fourth-order valence-electron chi connectivity index (χ4n) is 4.60. The quantitative estimate of drug-likeness (QED) is 0.408. The third kappa shape index (κ3) is 3.10. The maximum atomic E-state index is 2.30. The maximum Gasteiger partial charge on any atom is 0.139 e. The van der Waals surface area contributed by atoms with Gasteiger partial charge in [-0.1, -0.05) is 63.1 Å². The normalized spacial score (nSPS) is 10.8. The molecule has 0 unspecified atom stereocenters. The number of benzene rings is 3. The monoisotopic (exact) mass is 338 g/mol. The second kappa shape index (κ2) is 7.34. The molecule has 0 heterocycles. The molecule has 0 aliphatic heterocycles. The maximum absolute atomic E-state index is 2.30. The van der Waals surface area contributed by atoms with Crippen LogP contribution in [-0.2, 0) is 0 Å². The van der Waals surface area contributed by atoms with Gasteiger partial charge in [0.15, 0.2) is 0 Å². The van der Waals surface area contributed by atoms with Crippen LogP contribution in [0.15, 0.2) is 30.3 Å². The van der Waals surface area contributed by atoms with Crippen molar-refractivity contribution in [1.82, 2.24) is 0 Å². The minimum absolute atomic E-state index is 1.31. The summed E-state index contributed by atoms with van der Waals surface area (Å²) >= 11 is 0. The molecule has 3 aromatic rings. The Labute approximate surface area is 172 Å². The van der Waals surface area contributed by atoms with Crippen LogP contribution in [0.1, 0.15) is 0 Å². The predicted octanol–water partition coefficient (Wildman–Crippen LogP) is -10.7. The van der Waals surface area contributed by atoms with E-state index in [0.717, 1.165) is 0 Å². The molecule has 122 valence electrons. The zero-order chi connectivity index (χ0) is 20.0. The topological polar surface area (TPSA) is 0 Å². The van der Waals surface area contributed by atoms with E-state index in [9.17, 15) is 0 Å². The average Bonchev–Trinajstić information content (AvgIpc) is 2.67. The van der Waals surface area contributed by atoms with Crippen LogP contribution in [0, 0.1) is 0 Å². The van der Waals surface area contributed by atoms with Crippen LogP contribution in [0.4, 0.5) is 0 Å². The molecular weight excluding hydrogens is 314 g/mol. The Balaban J connectivity index is 2.42. The zero-order valence-corrected chi connectivity index (χ0v) is 18.4. The summed E-state index contributed by atoms with van der Waals surface area (Å²) < 4.78 is 0. The van der Waals surface area contributed by atoms with E-state index in [-0.39, 0.29) is 0 Å². The van der Waals surface area contributed by atoms with Crippen molar-refractivity contribution in [1.29, 1.82) is 0 Å². The van der Waals surface area contributed by atoms with E-state index in [0.29, 0.717) is 0 Å². The van der Waals surface area contributed by atoms with Crippen molar-refractivity contribution in [3.05, 3.63) is 30.3 Å². The SMILES string of the molecule is Bc1c(B)c(B)c(-c2c(B)c(B)c(-c3ccccc3)c(B)c2B)c(B)c1B. The van der Waals surface area contributed by atoms with Crippen LogP contribution in [0.2, 0.25) is 0 Å². The number of hydrogen-bond donors (Lipinski definition) is 0. The van der Waals surface area contributed by atoms with Crippen molar-refractivity contribution in [3.63, 3.8) is 0 Å². The molecule has 0 saturated heterocycles. The van der Waals surface area contributed by atoms with Crippen LogP contribution in [0.3, 0.4) is 0 Å². The van der Waals surface area contributed by atoms with E-state index in [1.54, 1.807) is 0 Å². The van der Waals surface area contributed by atoms with E-state index in [1.807, 2.05) is 0 Å². The van der Waals surface area contributed by atoms with Gasteiger partial charge in [0, 0.05) is 0 Å². The van der Waals surface area contributed by atoms with Gasteiger partial charge >= 0.3 is 0 Å². The van der Waals surface area contributed by atoms with Gasteiger partial charge in [0.25, 0.3) is 0 Å². The lowest BCUT2D eigenvalue weighted by atomic mass is 9.56. The van der Waals surface area contributed by atoms with Crippen LogP contribution >= 0.6 is 0 Å². The highest BCUT2D eigenvalue weighted by molar-refractivity contribution is 6.70. The zero-order valence-electron chi connectivity index (χ0n) is 18.4. The summed E-state index contributed by atoms with van der Waals surface area (Å²) in [4.78, 5) is 0. The Morgan fingerprint density at radius 3 is 1.04 bits per heavy atom. The van der Waals surface area contributed by atoms with Gasteiger partial charge in [0.2, 0.25) is 0 Å². The van der Waals surface area contributed by atoms with E-state index >= 15 is 0 Å². The van der Waals surface area contributed by atoms with Crippen LogP contribution in [0.25, 0.3) is 22.3 Å². The molecule has 0 aliphatic rings. The second-order valence-electron chi connectivity index (χ2n) is 8.12. The lowest BCUT2D eigenvalue weighted by Crippen LogP contribution is -2.57. The smallest absolute Gasteiger partial charge is 0.102 e. The van der Waals surface area contributed by atoms with Crippen molar-refractivity contribution in [2.45, 2.75) is 0 Å². The molecule has 0 saturated carbocycles. The minimum Gasteiger partial charge on any atom is -0.102 e. The molecule has 0 nitrogen and oxygen atoms in total. The molecule has 27 heavy (non-hydrogen) atoms. The van der Waals surface area contributed by atoms with Crippen molar-refractivity contribution in [2.75, 3.05) is 0 Å². The molecule has 0 atom stereocenters. The molecule has 0 N–H and O–H groups in total. The summed E-state index contributed by atoms with van der Waals surface area (Å²) in [7, 11) is 20.5. The first-order valence-corrected chi connectivity index (χ1v) is 9.91. The summed E-state index contributed by atoms with van der Waals surface area (Å²) in [6, 6.07) is 10.8. The molecule has 0 fully saturated rings. The Kier molecular flexibility index (Phi) is 5.43. The van der Waals surface area contributed by atoms with Gasteiger partial charge < -0.3 is 0 Å². The largest absolute Gasteiger partial charge is 0.139 e. The fraction of sp³-hybridized carbons (Fsp3) is 0. The summed E-state index contributed by atoms with van der Waals surface area (Å²) in [6.45, 7) is 0. The molecule has 0 amide bonds. The summed E-state index contributed by atoms with van der Waals surface area (Å²) in [5, 5.41) is 0. The van der Waals surface area contributed by atoms with E-state index in [1.165, 1.54) is 71.4 Å². The van der Waals surface area contributed by atoms with Gasteiger partial charge in [-0.3, -0.25) is 0 Å². The minimum atomic E-state index is 1.31.